The van der Waals surface area contributed by atoms with Crippen LogP contribution < -0.4 is 0 Å². The summed E-state index contributed by atoms with van der Waals surface area (Å²) in [6.07, 6.45) is 67.6. The maximum Gasteiger partial charge on any atom is 0.303 e. The molecule has 0 aliphatic heterocycles. The zero-order chi connectivity index (χ0) is 39.5. The highest BCUT2D eigenvalue weighted by atomic mass is 16.4. The Hall–Kier alpha value is -0.530. The molecule has 0 heterocycles. The fraction of sp³-hybridized carbons (Fsp3) is 0.981. The van der Waals surface area contributed by atoms with Gasteiger partial charge in [-0.15, -0.1) is 0 Å². The van der Waals surface area contributed by atoms with E-state index in [9.17, 15) is 4.79 Å². The summed E-state index contributed by atoms with van der Waals surface area (Å²) < 4.78 is 0. The quantitative estimate of drug-likeness (QED) is 0.0627. The second kappa shape index (κ2) is 54.6. The van der Waals surface area contributed by atoms with Crippen molar-refractivity contribution in [2.75, 3.05) is 0 Å². The summed E-state index contributed by atoms with van der Waals surface area (Å²) in [6, 6.07) is 0. The van der Waals surface area contributed by atoms with Crippen LogP contribution in [0, 0.1) is 0 Å². The molecule has 0 bridgehead atoms. The Morgan fingerprint density at radius 1 is 0.222 bits per heavy atom. The third-order valence-electron chi connectivity index (χ3n) is 12.0. The lowest BCUT2D eigenvalue weighted by Crippen LogP contribution is -1.93. The maximum absolute atomic E-state index is 10.3. The van der Waals surface area contributed by atoms with E-state index in [1.54, 1.807) is 0 Å². The highest BCUT2D eigenvalue weighted by Gasteiger charge is 1.99. The maximum atomic E-state index is 10.3. The number of rotatable bonds is 47. The molecular formula is C52H106O2. The molecule has 0 aromatic heterocycles. The second-order valence-corrected chi connectivity index (χ2v) is 17.7. The largest absolute Gasteiger partial charge is 0.481 e. The molecule has 0 fully saturated rings. The molecule has 0 amide bonds. The minimum Gasteiger partial charge on any atom is -0.481 e. The molecule has 0 aromatic carbocycles. The first kappa shape index (κ1) is 55.6. The Morgan fingerprint density at radius 3 is 0.444 bits per heavy atom. The molecule has 2 heteroatoms. The summed E-state index contributed by atoms with van der Waals surface area (Å²) in [7, 11) is 0. The van der Waals surface area contributed by atoms with Gasteiger partial charge in [0, 0.05) is 6.42 Å². The van der Waals surface area contributed by atoms with Gasteiger partial charge in [-0.3, -0.25) is 4.79 Å². The van der Waals surface area contributed by atoms with Crippen molar-refractivity contribution in [1.29, 1.82) is 0 Å². The summed E-state index contributed by atoms with van der Waals surface area (Å²) in [5.74, 6) is -0.653. The van der Waals surface area contributed by atoms with Crippen molar-refractivity contribution in [3.63, 3.8) is 0 Å². The number of hydrogen-bond donors (Lipinski definition) is 1. The van der Waals surface area contributed by atoms with Crippen LogP contribution >= 0.6 is 0 Å². The molecule has 0 aromatic rings. The summed E-state index contributed by atoms with van der Waals surface area (Å²) >= 11 is 0. The Labute approximate surface area is 343 Å². The molecule has 0 rings (SSSR count). The third kappa shape index (κ3) is 58.2. The first-order chi connectivity index (χ1) is 26.7. The molecule has 0 aliphatic carbocycles. The fourth-order valence-corrected chi connectivity index (χ4v) is 8.10. The van der Waals surface area contributed by atoms with E-state index in [2.05, 4.69) is 20.8 Å². The van der Waals surface area contributed by atoms with Gasteiger partial charge in [0.2, 0.25) is 0 Å². The minimum absolute atomic E-state index is 0.345. The first-order valence-electron chi connectivity index (χ1n) is 25.9. The van der Waals surface area contributed by atoms with Gasteiger partial charge in [-0.1, -0.05) is 316 Å². The zero-order valence-electron chi connectivity index (χ0n) is 38.3. The lowest BCUT2D eigenvalue weighted by Gasteiger charge is -2.04. The average Bonchev–Trinajstić information content (AvgIpc) is 3.17. The smallest absolute Gasteiger partial charge is 0.303 e. The Balaban J connectivity index is 0. The summed E-state index contributed by atoms with van der Waals surface area (Å²) in [4.78, 5) is 10.3. The Kier molecular flexibility index (Phi) is 56.2. The van der Waals surface area contributed by atoms with E-state index in [0.717, 1.165) is 12.8 Å². The van der Waals surface area contributed by atoms with Gasteiger partial charge in [0.25, 0.3) is 0 Å². The van der Waals surface area contributed by atoms with Gasteiger partial charge >= 0.3 is 5.97 Å². The van der Waals surface area contributed by atoms with Crippen molar-refractivity contribution in [3.8, 4) is 0 Å². The lowest BCUT2D eigenvalue weighted by molar-refractivity contribution is -0.137. The molecule has 0 spiro atoms. The van der Waals surface area contributed by atoms with Gasteiger partial charge < -0.3 is 5.11 Å². The molecule has 2 nitrogen and oxygen atoms in total. The standard InChI is InChI=1S/C34H70.C18H36O2/c1-3-5-7-9-11-13-15-17-19-21-23-25-27-29-31-33-34-32-30-28-26-24-22-20-18-16-14-12-10-8-6-4-2;1-2-3-4-5-6-7-8-9-10-11-12-13-14-15-16-17-18(19)20/h3-34H2,1-2H3;2-17H2,1H3,(H,19,20). The van der Waals surface area contributed by atoms with Gasteiger partial charge in [0.1, 0.15) is 0 Å². The monoisotopic (exact) mass is 763 g/mol. The Bertz CT molecular complexity index is 598. The van der Waals surface area contributed by atoms with E-state index in [4.69, 9.17) is 5.11 Å². The van der Waals surface area contributed by atoms with Crippen molar-refractivity contribution in [1.82, 2.24) is 0 Å². The van der Waals surface area contributed by atoms with Crippen LogP contribution in [-0.4, -0.2) is 11.1 Å². The van der Waals surface area contributed by atoms with Gasteiger partial charge in [0.15, 0.2) is 0 Å². The highest BCUT2D eigenvalue weighted by Crippen LogP contribution is 2.17. The molecule has 0 saturated heterocycles. The predicted molar refractivity (Wildman–Crippen MR) is 246 cm³/mol. The summed E-state index contributed by atoms with van der Waals surface area (Å²) in [5, 5.41) is 8.52. The zero-order valence-corrected chi connectivity index (χ0v) is 38.3. The van der Waals surface area contributed by atoms with Crippen LogP contribution in [0.2, 0.25) is 0 Å². The second-order valence-electron chi connectivity index (χ2n) is 17.7. The van der Waals surface area contributed by atoms with Gasteiger partial charge in [-0.2, -0.15) is 0 Å². The van der Waals surface area contributed by atoms with E-state index in [1.807, 2.05) is 0 Å². The fourth-order valence-electron chi connectivity index (χ4n) is 8.10. The van der Waals surface area contributed by atoms with Crippen LogP contribution in [0.25, 0.3) is 0 Å². The Morgan fingerprint density at radius 2 is 0.333 bits per heavy atom. The number of carboxylic acid groups (broad SMARTS) is 1. The number of hydrogen-bond acceptors (Lipinski definition) is 1. The van der Waals surface area contributed by atoms with Gasteiger partial charge in [-0.05, 0) is 6.42 Å². The molecule has 0 radical (unpaired) electrons. The van der Waals surface area contributed by atoms with E-state index < -0.39 is 5.97 Å². The SMILES string of the molecule is CCCCCCCCCCCCCCCCCC(=O)O.CCCCCCCCCCCCCCCCCCCCCCCCCCCCCCCCCC. The van der Waals surface area contributed by atoms with Crippen LogP contribution in [0.1, 0.15) is 329 Å². The number of aliphatic carboxylic acids is 1. The molecule has 54 heavy (non-hydrogen) atoms. The minimum atomic E-state index is -0.653. The molecule has 0 saturated carbocycles. The summed E-state index contributed by atoms with van der Waals surface area (Å²) in [5.41, 5.74) is 0. The van der Waals surface area contributed by atoms with Crippen LogP contribution in [-0.2, 0) is 4.79 Å². The van der Waals surface area contributed by atoms with Gasteiger partial charge in [-0.25, -0.2) is 0 Å². The van der Waals surface area contributed by atoms with Crippen molar-refractivity contribution >= 4 is 5.97 Å². The molecule has 0 atom stereocenters. The number of carboxylic acids is 1. The third-order valence-corrected chi connectivity index (χ3v) is 12.0. The van der Waals surface area contributed by atoms with E-state index in [-0.39, 0.29) is 0 Å². The van der Waals surface area contributed by atoms with Crippen molar-refractivity contribution in [3.05, 3.63) is 0 Å². The lowest BCUT2D eigenvalue weighted by atomic mass is 10.0. The normalized spacial score (nSPS) is 11.2. The topological polar surface area (TPSA) is 37.3 Å². The molecule has 0 aliphatic rings. The highest BCUT2D eigenvalue weighted by molar-refractivity contribution is 5.66. The van der Waals surface area contributed by atoms with E-state index in [1.165, 1.54) is 289 Å². The van der Waals surface area contributed by atoms with Crippen LogP contribution in [0.5, 0.6) is 0 Å². The van der Waals surface area contributed by atoms with Crippen molar-refractivity contribution in [2.24, 2.45) is 0 Å². The van der Waals surface area contributed by atoms with Crippen LogP contribution in [0.4, 0.5) is 0 Å². The van der Waals surface area contributed by atoms with E-state index in [0.29, 0.717) is 6.42 Å². The first-order valence-corrected chi connectivity index (χ1v) is 25.9. The van der Waals surface area contributed by atoms with Gasteiger partial charge in [0.05, 0.1) is 0 Å². The van der Waals surface area contributed by atoms with Crippen molar-refractivity contribution in [2.45, 2.75) is 329 Å². The molecule has 1 N–H and O–H groups in total. The van der Waals surface area contributed by atoms with Crippen LogP contribution in [0.15, 0.2) is 0 Å². The number of unbranched alkanes of at least 4 members (excludes halogenated alkanes) is 45. The molecule has 326 valence electrons. The van der Waals surface area contributed by atoms with Crippen LogP contribution in [0.3, 0.4) is 0 Å². The molecule has 0 unspecified atom stereocenters. The predicted octanol–water partition coefficient (Wildman–Crippen LogP) is 19.8. The molecular weight excluding hydrogens is 657 g/mol. The number of carbonyl (C=O) groups is 1. The summed E-state index contributed by atoms with van der Waals surface area (Å²) in [6.45, 7) is 6.89. The average molecular weight is 763 g/mol. The van der Waals surface area contributed by atoms with E-state index >= 15 is 0 Å². The van der Waals surface area contributed by atoms with Crippen molar-refractivity contribution < 1.29 is 9.90 Å².